The molecule has 1 aliphatic carbocycles. The van der Waals surface area contributed by atoms with Crippen molar-refractivity contribution in [2.24, 2.45) is 11.7 Å². The Morgan fingerprint density at radius 2 is 1.91 bits per heavy atom. The molecule has 3 unspecified atom stereocenters. The zero-order valence-electron chi connectivity index (χ0n) is 19.9. The van der Waals surface area contributed by atoms with Gasteiger partial charge in [0.2, 0.25) is 5.91 Å². The predicted molar refractivity (Wildman–Crippen MR) is 136 cm³/mol. The maximum Gasteiger partial charge on any atom is 0.243 e. The molecular weight excluding hydrogens is 424 g/mol. The van der Waals surface area contributed by atoms with E-state index in [1.54, 1.807) is 6.08 Å². The highest BCUT2D eigenvalue weighted by atomic mass is 16.2. The van der Waals surface area contributed by atoms with Crippen molar-refractivity contribution in [2.75, 3.05) is 6.54 Å². The van der Waals surface area contributed by atoms with Gasteiger partial charge < -0.3 is 21.3 Å². The van der Waals surface area contributed by atoms with E-state index in [1.807, 2.05) is 0 Å². The van der Waals surface area contributed by atoms with Crippen LogP contribution in [0.15, 0.2) is 61.6 Å². The van der Waals surface area contributed by atoms with Gasteiger partial charge in [0.1, 0.15) is 6.04 Å². The normalized spacial score (nSPS) is 18.9. The van der Waals surface area contributed by atoms with Gasteiger partial charge in [0.15, 0.2) is 5.78 Å². The Balaban J connectivity index is 1.74. The molecular formula is C28H36N4O2. The molecule has 3 rings (SSSR count). The van der Waals surface area contributed by atoms with Crippen molar-refractivity contribution in [3.05, 3.63) is 72.7 Å². The maximum absolute atomic E-state index is 13.3. The fourth-order valence-corrected chi connectivity index (χ4v) is 5.16. The number of fused-ring (bicyclic) bond motifs is 1. The zero-order valence-corrected chi connectivity index (χ0v) is 19.9. The number of carbonyl (C=O) groups is 2. The van der Waals surface area contributed by atoms with E-state index in [9.17, 15) is 9.59 Å². The standard InChI is InChI=1S/C28H36N4O2/c1-5-7-14-24(26(33)11-6-2)31-28(34)25-15-10-16-32(25)19(3)27(30-20(4)29)23-17-21-12-8-9-13-22(21)18-23/h1,6,8-9,12-13,23-25,27,30H,2-4,7,10-11,14-18,29H2,(H,31,34). The molecule has 1 heterocycles. The molecule has 0 spiro atoms. The lowest BCUT2D eigenvalue weighted by Crippen LogP contribution is -2.52. The molecule has 3 atom stereocenters. The summed E-state index contributed by atoms with van der Waals surface area (Å²) in [5.41, 5.74) is 9.47. The number of rotatable bonds is 12. The Kier molecular flexibility index (Phi) is 8.59. The first-order chi connectivity index (χ1) is 16.3. The lowest BCUT2D eigenvalue weighted by molar-refractivity contribution is -0.130. The van der Waals surface area contributed by atoms with Gasteiger partial charge >= 0.3 is 0 Å². The zero-order chi connectivity index (χ0) is 24.7. The number of hydrogen-bond donors (Lipinski definition) is 3. The fraction of sp³-hybridized carbons (Fsp3) is 0.429. The number of likely N-dealkylation sites (tertiary alicyclic amines) is 1. The van der Waals surface area contributed by atoms with Crippen LogP contribution in [0.2, 0.25) is 0 Å². The van der Waals surface area contributed by atoms with Crippen molar-refractivity contribution in [1.29, 1.82) is 0 Å². The Morgan fingerprint density at radius 1 is 1.24 bits per heavy atom. The number of nitrogens with two attached hydrogens (primary N) is 1. The van der Waals surface area contributed by atoms with E-state index >= 15 is 0 Å². The monoisotopic (exact) mass is 460 g/mol. The molecule has 0 radical (unpaired) electrons. The molecule has 4 N–H and O–H groups in total. The molecule has 1 fully saturated rings. The summed E-state index contributed by atoms with van der Waals surface area (Å²) in [6, 6.07) is 7.30. The molecule has 6 heteroatoms. The summed E-state index contributed by atoms with van der Waals surface area (Å²) in [6.07, 6.45) is 11.4. The van der Waals surface area contributed by atoms with Gasteiger partial charge in [0.25, 0.3) is 0 Å². The lowest BCUT2D eigenvalue weighted by Gasteiger charge is -2.36. The van der Waals surface area contributed by atoms with Gasteiger partial charge in [0, 0.05) is 25.1 Å². The molecule has 180 valence electrons. The molecule has 1 amide bonds. The van der Waals surface area contributed by atoms with E-state index in [0.717, 1.165) is 31.5 Å². The van der Waals surface area contributed by atoms with Gasteiger partial charge in [-0.1, -0.05) is 43.5 Å². The van der Waals surface area contributed by atoms with Crippen molar-refractivity contribution in [2.45, 2.75) is 63.1 Å². The first-order valence-electron chi connectivity index (χ1n) is 12.0. The second-order valence-corrected chi connectivity index (χ2v) is 9.19. The molecule has 0 saturated carbocycles. The molecule has 0 aromatic heterocycles. The minimum atomic E-state index is -0.612. The third-order valence-corrected chi connectivity index (χ3v) is 6.81. The topological polar surface area (TPSA) is 87.5 Å². The molecule has 1 aliphatic heterocycles. The molecule has 0 bridgehead atoms. The van der Waals surface area contributed by atoms with Crippen LogP contribution in [0.25, 0.3) is 0 Å². The van der Waals surface area contributed by atoms with Crippen LogP contribution in [0.1, 0.15) is 43.2 Å². The summed E-state index contributed by atoms with van der Waals surface area (Å²) >= 11 is 0. The van der Waals surface area contributed by atoms with Crippen LogP contribution >= 0.6 is 0 Å². The van der Waals surface area contributed by atoms with Gasteiger partial charge in [-0.05, 0) is 49.1 Å². The summed E-state index contributed by atoms with van der Waals surface area (Å²) in [5.74, 6) is 2.94. The molecule has 34 heavy (non-hydrogen) atoms. The fourth-order valence-electron chi connectivity index (χ4n) is 5.16. The Labute approximate surface area is 203 Å². The van der Waals surface area contributed by atoms with Crippen LogP contribution in [0.5, 0.6) is 0 Å². The van der Waals surface area contributed by atoms with Gasteiger partial charge in [-0.3, -0.25) is 9.59 Å². The van der Waals surface area contributed by atoms with Crippen molar-refractivity contribution in [3.8, 4) is 12.3 Å². The Bertz CT molecular complexity index is 967. The number of carbonyl (C=O) groups excluding carboxylic acids is 2. The van der Waals surface area contributed by atoms with E-state index in [-0.39, 0.29) is 30.1 Å². The number of allylic oxidation sites excluding steroid dienone is 1. The maximum atomic E-state index is 13.3. The second kappa shape index (κ2) is 11.6. The summed E-state index contributed by atoms with van der Waals surface area (Å²) < 4.78 is 0. The summed E-state index contributed by atoms with van der Waals surface area (Å²) in [7, 11) is 0. The van der Waals surface area contributed by atoms with Crippen LogP contribution in [-0.2, 0) is 22.4 Å². The van der Waals surface area contributed by atoms with Crippen LogP contribution in [0.4, 0.5) is 0 Å². The number of ketones is 1. The number of Topliss-reactive ketones (excluding diaryl/α,β-unsaturated/α-hetero) is 1. The second-order valence-electron chi connectivity index (χ2n) is 9.19. The highest BCUT2D eigenvalue weighted by Crippen LogP contribution is 2.34. The number of terminal acetylenes is 1. The lowest BCUT2D eigenvalue weighted by atomic mass is 9.93. The highest BCUT2D eigenvalue weighted by Gasteiger charge is 2.38. The predicted octanol–water partition coefficient (Wildman–Crippen LogP) is 2.81. The number of benzene rings is 1. The van der Waals surface area contributed by atoms with E-state index in [0.29, 0.717) is 25.1 Å². The van der Waals surface area contributed by atoms with E-state index in [1.165, 1.54) is 11.1 Å². The van der Waals surface area contributed by atoms with Gasteiger partial charge in [-0.15, -0.1) is 18.9 Å². The van der Waals surface area contributed by atoms with Crippen molar-refractivity contribution in [3.63, 3.8) is 0 Å². The van der Waals surface area contributed by atoms with Crippen molar-refractivity contribution < 1.29 is 9.59 Å². The quantitative estimate of drug-likeness (QED) is 0.330. The molecule has 1 saturated heterocycles. The summed E-state index contributed by atoms with van der Waals surface area (Å²) in [6.45, 7) is 12.6. The Hall–Kier alpha value is -3.46. The van der Waals surface area contributed by atoms with E-state index in [4.69, 9.17) is 12.2 Å². The first kappa shape index (κ1) is 25.2. The van der Waals surface area contributed by atoms with Gasteiger partial charge in [-0.2, -0.15) is 0 Å². The van der Waals surface area contributed by atoms with Crippen LogP contribution in [0.3, 0.4) is 0 Å². The number of nitrogens with one attached hydrogen (secondary N) is 2. The van der Waals surface area contributed by atoms with Crippen LogP contribution in [-0.4, -0.2) is 41.3 Å². The van der Waals surface area contributed by atoms with Gasteiger partial charge in [-0.25, -0.2) is 0 Å². The minimum absolute atomic E-state index is 0.0790. The van der Waals surface area contributed by atoms with E-state index in [2.05, 4.69) is 65.5 Å². The molecule has 1 aromatic carbocycles. The number of amides is 1. The largest absolute Gasteiger partial charge is 0.386 e. The smallest absolute Gasteiger partial charge is 0.243 e. The highest BCUT2D eigenvalue weighted by molar-refractivity contribution is 5.91. The summed E-state index contributed by atoms with van der Waals surface area (Å²) in [5, 5.41) is 6.27. The summed E-state index contributed by atoms with van der Waals surface area (Å²) in [4.78, 5) is 27.9. The molecule has 1 aromatic rings. The number of nitrogens with zero attached hydrogens (tertiary/aromatic N) is 1. The van der Waals surface area contributed by atoms with Gasteiger partial charge in [0.05, 0.1) is 17.9 Å². The van der Waals surface area contributed by atoms with Crippen molar-refractivity contribution in [1.82, 2.24) is 15.5 Å². The Morgan fingerprint density at radius 3 is 2.50 bits per heavy atom. The molecule has 2 aliphatic rings. The minimum Gasteiger partial charge on any atom is -0.386 e. The third-order valence-electron chi connectivity index (χ3n) is 6.81. The SMILES string of the molecule is C#CCCC(NC(=O)C1CCCN1C(=C)C(NC(=C)N)C1Cc2ccccc2C1)C(=O)CC=C. The number of hydrogen-bond acceptors (Lipinski definition) is 5. The molecule has 6 nitrogen and oxygen atoms in total. The third kappa shape index (κ3) is 5.91. The van der Waals surface area contributed by atoms with Crippen molar-refractivity contribution >= 4 is 11.7 Å². The van der Waals surface area contributed by atoms with E-state index < -0.39 is 12.1 Å². The van der Waals surface area contributed by atoms with Crippen LogP contribution in [0, 0.1) is 18.3 Å². The van der Waals surface area contributed by atoms with Crippen LogP contribution < -0.4 is 16.4 Å². The average Bonchev–Trinajstić information content (AvgIpc) is 3.47. The first-order valence-corrected chi connectivity index (χ1v) is 12.0. The average molecular weight is 461 g/mol.